The van der Waals surface area contributed by atoms with Gasteiger partial charge in [-0.1, -0.05) is 24.3 Å². The molecule has 0 fully saturated rings. The summed E-state index contributed by atoms with van der Waals surface area (Å²) < 4.78 is 7.04. The highest BCUT2D eigenvalue weighted by Crippen LogP contribution is 2.19. The highest BCUT2D eigenvalue weighted by Gasteiger charge is 2.08. The molecule has 3 aromatic rings. The minimum Gasteiger partial charge on any atom is -0.478 e. The Hall–Kier alpha value is -3.15. The second kappa shape index (κ2) is 5.46. The molecule has 2 aromatic carbocycles. The molecule has 0 aliphatic carbocycles. The lowest BCUT2D eigenvalue weighted by Crippen LogP contribution is -1.97. The van der Waals surface area contributed by atoms with E-state index in [0.29, 0.717) is 5.75 Å². The van der Waals surface area contributed by atoms with Gasteiger partial charge in [0.05, 0.1) is 11.3 Å². The van der Waals surface area contributed by atoms with E-state index in [1.54, 1.807) is 16.8 Å². The molecule has 0 bridgehead atoms. The van der Waals surface area contributed by atoms with Crippen LogP contribution in [0.5, 0.6) is 11.8 Å². The van der Waals surface area contributed by atoms with Gasteiger partial charge in [-0.25, -0.2) is 9.48 Å². The summed E-state index contributed by atoms with van der Waals surface area (Å²) >= 11 is 0. The normalized spacial score (nSPS) is 10.3. The maximum absolute atomic E-state index is 10.9. The molecule has 0 spiro atoms. The van der Waals surface area contributed by atoms with Crippen molar-refractivity contribution in [2.75, 3.05) is 0 Å². The summed E-state index contributed by atoms with van der Waals surface area (Å²) in [5.41, 5.74) is 1.01. The number of para-hydroxylation sites is 1. The molecule has 6 nitrogen and oxygen atoms in total. The Morgan fingerprint density at radius 2 is 1.90 bits per heavy atom. The molecule has 0 aliphatic rings. The third-order valence-electron chi connectivity index (χ3n) is 2.78. The summed E-state index contributed by atoms with van der Waals surface area (Å²) in [6.45, 7) is 0. The number of benzene rings is 2. The lowest BCUT2D eigenvalue weighted by Gasteiger charge is -2.02. The summed E-state index contributed by atoms with van der Waals surface area (Å²) in [5, 5.41) is 13.1. The van der Waals surface area contributed by atoms with E-state index in [2.05, 4.69) is 10.1 Å². The van der Waals surface area contributed by atoms with Gasteiger partial charge in [0.1, 0.15) is 12.1 Å². The molecule has 0 atom stereocenters. The minimum absolute atomic E-state index is 0.148. The molecule has 0 saturated heterocycles. The number of hydrogen-bond acceptors (Lipinski definition) is 4. The number of aromatic nitrogens is 3. The first kappa shape index (κ1) is 12.9. The molecule has 0 unspecified atom stereocenters. The topological polar surface area (TPSA) is 77.2 Å². The fourth-order valence-corrected chi connectivity index (χ4v) is 1.80. The lowest BCUT2D eigenvalue weighted by molar-refractivity contribution is 0.0696. The van der Waals surface area contributed by atoms with E-state index in [-0.39, 0.29) is 11.6 Å². The summed E-state index contributed by atoms with van der Waals surface area (Å²) in [5.74, 6) is -0.635. The van der Waals surface area contributed by atoms with E-state index in [9.17, 15) is 4.79 Å². The largest absolute Gasteiger partial charge is 0.478 e. The van der Waals surface area contributed by atoms with Crippen molar-refractivity contribution in [3.63, 3.8) is 0 Å². The van der Waals surface area contributed by atoms with E-state index in [4.69, 9.17) is 9.84 Å². The average molecular weight is 281 g/mol. The van der Waals surface area contributed by atoms with Crippen LogP contribution < -0.4 is 4.74 Å². The smallest absolute Gasteiger partial charge is 0.341 e. The SMILES string of the molecule is O=C(O)c1cccc(Oc2ncn(-c3ccccc3)n2)c1. The highest BCUT2D eigenvalue weighted by atomic mass is 16.5. The van der Waals surface area contributed by atoms with Crippen LogP contribution in [0, 0.1) is 0 Å². The molecule has 6 heteroatoms. The fourth-order valence-electron chi connectivity index (χ4n) is 1.80. The molecule has 21 heavy (non-hydrogen) atoms. The summed E-state index contributed by atoms with van der Waals surface area (Å²) in [6.07, 6.45) is 1.53. The van der Waals surface area contributed by atoms with Gasteiger partial charge < -0.3 is 9.84 Å². The van der Waals surface area contributed by atoms with E-state index in [1.807, 2.05) is 30.3 Å². The summed E-state index contributed by atoms with van der Waals surface area (Å²) in [6, 6.07) is 15.8. The summed E-state index contributed by atoms with van der Waals surface area (Å²) in [4.78, 5) is 14.9. The molecular weight excluding hydrogens is 270 g/mol. The van der Waals surface area contributed by atoms with Crippen LogP contribution in [0.25, 0.3) is 5.69 Å². The van der Waals surface area contributed by atoms with Gasteiger partial charge in [-0.15, -0.1) is 5.10 Å². The van der Waals surface area contributed by atoms with Gasteiger partial charge in [-0.3, -0.25) is 0 Å². The van der Waals surface area contributed by atoms with Gasteiger partial charge in [-0.2, -0.15) is 4.98 Å². The van der Waals surface area contributed by atoms with Crippen LogP contribution in [0.4, 0.5) is 0 Å². The second-order valence-electron chi connectivity index (χ2n) is 4.24. The van der Waals surface area contributed by atoms with Gasteiger partial charge in [0, 0.05) is 0 Å². The number of ether oxygens (including phenoxy) is 1. The van der Waals surface area contributed by atoms with Crippen molar-refractivity contribution in [3.05, 3.63) is 66.5 Å². The van der Waals surface area contributed by atoms with E-state index in [1.165, 1.54) is 18.5 Å². The van der Waals surface area contributed by atoms with Gasteiger partial charge >= 0.3 is 12.0 Å². The summed E-state index contributed by atoms with van der Waals surface area (Å²) in [7, 11) is 0. The lowest BCUT2D eigenvalue weighted by atomic mass is 10.2. The van der Waals surface area contributed by atoms with Crippen molar-refractivity contribution in [2.24, 2.45) is 0 Å². The first-order chi connectivity index (χ1) is 10.2. The predicted molar refractivity (Wildman–Crippen MR) is 74.8 cm³/mol. The van der Waals surface area contributed by atoms with Crippen LogP contribution in [0.3, 0.4) is 0 Å². The first-order valence-electron chi connectivity index (χ1n) is 6.21. The molecule has 0 saturated carbocycles. The van der Waals surface area contributed by atoms with E-state index >= 15 is 0 Å². The standard InChI is InChI=1S/C15H11N3O3/c19-14(20)11-5-4-8-13(9-11)21-15-16-10-18(17-15)12-6-2-1-3-7-12/h1-10H,(H,19,20). The zero-order valence-electron chi connectivity index (χ0n) is 10.9. The number of aromatic carboxylic acids is 1. The number of carbonyl (C=O) groups is 1. The molecule has 1 heterocycles. The first-order valence-corrected chi connectivity index (χ1v) is 6.21. The average Bonchev–Trinajstić information content (AvgIpc) is 2.97. The Morgan fingerprint density at radius 1 is 1.10 bits per heavy atom. The second-order valence-corrected chi connectivity index (χ2v) is 4.24. The molecule has 1 aromatic heterocycles. The predicted octanol–water partition coefficient (Wildman–Crippen LogP) is 2.76. The van der Waals surface area contributed by atoms with Crippen LogP contribution >= 0.6 is 0 Å². The van der Waals surface area contributed by atoms with Crippen LogP contribution in [-0.4, -0.2) is 25.8 Å². The Balaban J connectivity index is 1.82. The van der Waals surface area contributed by atoms with Crippen molar-refractivity contribution in [1.29, 1.82) is 0 Å². The zero-order valence-corrected chi connectivity index (χ0v) is 10.9. The van der Waals surface area contributed by atoms with Crippen molar-refractivity contribution >= 4 is 5.97 Å². The molecular formula is C15H11N3O3. The quantitative estimate of drug-likeness (QED) is 0.795. The Labute approximate surface area is 120 Å². The molecule has 0 radical (unpaired) electrons. The third-order valence-corrected chi connectivity index (χ3v) is 2.78. The molecule has 104 valence electrons. The van der Waals surface area contributed by atoms with Gasteiger partial charge in [0.15, 0.2) is 0 Å². The van der Waals surface area contributed by atoms with E-state index in [0.717, 1.165) is 5.69 Å². The van der Waals surface area contributed by atoms with Crippen molar-refractivity contribution in [1.82, 2.24) is 14.8 Å². The number of hydrogen-bond donors (Lipinski definition) is 1. The van der Waals surface area contributed by atoms with Crippen molar-refractivity contribution in [2.45, 2.75) is 0 Å². The van der Waals surface area contributed by atoms with Crippen LogP contribution in [0.1, 0.15) is 10.4 Å². The third kappa shape index (κ3) is 2.89. The van der Waals surface area contributed by atoms with Crippen molar-refractivity contribution in [3.8, 4) is 17.4 Å². The molecule has 0 aliphatic heterocycles. The maximum Gasteiger partial charge on any atom is 0.341 e. The Bertz CT molecular complexity index is 769. The number of nitrogens with zero attached hydrogens (tertiary/aromatic N) is 3. The molecule has 1 N–H and O–H groups in total. The minimum atomic E-state index is -1.01. The zero-order chi connectivity index (χ0) is 14.7. The van der Waals surface area contributed by atoms with Crippen molar-refractivity contribution < 1.29 is 14.6 Å². The molecule has 3 rings (SSSR count). The van der Waals surface area contributed by atoms with Gasteiger partial charge in [0.2, 0.25) is 0 Å². The highest BCUT2D eigenvalue weighted by molar-refractivity contribution is 5.88. The Morgan fingerprint density at radius 3 is 2.67 bits per heavy atom. The van der Waals surface area contributed by atoms with Gasteiger partial charge in [-0.05, 0) is 30.3 Å². The van der Waals surface area contributed by atoms with Gasteiger partial charge in [0.25, 0.3) is 0 Å². The maximum atomic E-state index is 10.9. The molecule has 0 amide bonds. The monoisotopic (exact) mass is 281 g/mol. The number of carboxylic acids is 1. The number of rotatable bonds is 4. The number of carboxylic acid groups (broad SMARTS) is 1. The van der Waals surface area contributed by atoms with E-state index < -0.39 is 5.97 Å². The van der Waals surface area contributed by atoms with Crippen LogP contribution in [0.15, 0.2) is 60.9 Å². The van der Waals surface area contributed by atoms with Crippen LogP contribution in [-0.2, 0) is 0 Å². The Kier molecular flexibility index (Phi) is 3.34. The van der Waals surface area contributed by atoms with Crippen LogP contribution in [0.2, 0.25) is 0 Å². The fraction of sp³-hybridized carbons (Fsp3) is 0.